The number of methoxy groups -OCH3 is 2. The van der Waals surface area contributed by atoms with E-state index in [9.17, 15) is 0 Å². The fraction of sp³-hybridized carbons (Fsp3) is 0.571. The maximum Gasteiger partial charge on any atom is 0.127 e. The summed E-state index contributed by atoms with van der Waals surface area (Å²) in [6.07, 6.45) is 1.18. The number of benzene rings is 1. The molecule has 3 nitrogen and oxygen atoms in total. The molecule has 0 saturated carbocycles. The van der Waals surface area contributed by atoms with E-state index in [0.717, 1.165) is 30.1 Å². The van der Waals surface area contributed by atoms with Crippen molar-refractivity contribution in [3.8, 4) is 11.5 Å². The van der Waals surface area contributed by atoms with Gasteiger partial charge >= 0.3 is 0 Å². The highest BCUT2D eigenvalue weighted by Crippen LogP contribution is 2.42. The smallest absolute Gasteiger partial charge is 0.127 e. The van der Waals surface area contributed by atoms with Crippen molar-refractivity contribution < 1.29 is 14.2 Å². The number of hydrogen-bond donors (Lipinski definition) is 0. The predicted molar refractivity (Wildman–Crippen MR) is 71.7 cm³/mol. The van der Waals surface area contributed by atoms with Crippen molar-refractivity contribution in [3.63, 3.8) is 0 Å². The van der Waals surface area contributed by atoms with Gasteiger partial charge in [0.2, 0.25) is 0 Å². The number of rotatable bonds is 4. The van der Waals surface area contributed by atoms with Crippen molar-refractivity contribution >= 4 is 11.6 Å². The van der Waals surface area contributed by atoms with Gasteiger partial charge in [-0.05, 0) is 19.4 Å². The van der Waals surface area contributed by atoms with Crippen LogP contribution in [0, 0.1) is 5.92 Å². The average molecular weight is 271 g/mol. The maximum atomic E-state index is 6.59. The Balaban J connectivity index is 2.26. The zero-order chi connectivity index (χ0) is 13.1. The first-order valence-corrected chi connectivity index (χ1v) is 6.58. The van der Waals surface area contributed by atoms with E-state index in [1.165, 1.54) is 0 Å². The summed E-state index contributed by atoms with van der Waals surface area (Å²) in [4.78, 5) is 0. The summed E-state index contributed by atoms with van der Waals surface area (Å²) < 4.78 is 16.2. The fourth-order valence-electron chi connectivity index (χ4n) is 2.41. The third kappa shape index (κ3) is 2.57. The molecule has 100 valence electrons. The molecule has 4 heteroatoms. The minimum absolute atomic E-state index is 0.0941. The van der Waals surface area contributed by atoms with Crippen LogP contribution >= 0.6 is 11.6 Å². The first-order valence-electron chi connectivity index (χ1n) is 6.15. The third-order valence-corrected chi connectivity index (χ3v) is 4.11. The molecule has 2 rings (SSSR count). The van der Waals surface area contributed by atoms with Crippen LogP contribution in [-0.4, -0.2) is 26.9 Å². The molecule has 1 aromatic carbocycles. The van der Waals surface area contributed by atoms with Crippen LogP contribution in [0.1, 0.15) is 24.3 Å². The standard InChI is InChI=1S/C14H19ClO3/c1-9-11(6-7-18-9)14(15)12-5-4-10(16-2)8-13(12)17-3/h4-5,8-9,11,14H,6-7H2,1-3H3. The molecule has 0 aliphatic carbocycles. The number of ether oxygens (including phenoxy) is 3. The van der Waals surface area contributed by atoms with Crippen LogP contribution in [0.3, 0.4) is 0 Å². The zero-order valence-electron chi connectivity index (χ0n) is 11.0. The van der Waals surface area contributed by atoms with Gasteiger partial charge in [0, 0.05) is 24.2 Å². The largest absolute Gasteiger partial charge is 0.497 e. The van der Waals surface area contributed by atoms with E-state index >= 15 is 0 Å². The van der Waals surface area contributed by atoms with Crippen molar-refractivity contribution in [2.45, 2.75) is 24.8 Å². The summed E-state index contributed by atoms with van der Waals surface area (Å²) in [6, 6.07) is 5.75. The Morgan fingerprint density at radius 2 is 2.11 bits per heavy atom. The predicted octanol–water partition coefficient (Wildman–Crippen LogP) is 3.41. The Kier molecular flexibility index (Phi) is 4.36. The highest BCUT2D eigenvalue weighted by atomic mass is 35.5. The van der Waals surface area contributed by atoms with E-state index in [4.69, 9.17) is 25.8 Å². The van der Waals surface area contributed by atoms with Gasteiger partial charge in [-0.1, -0.05) is 6.07 Å². The quantitative estimate of drug-likeness (QED) is 0.785. The van der Waals surface area contributed by atoms with Gasteiger partial charge in [0.25, 0.3) is 0 Å². The van der Waals surface area contributed by atoms with E-state index < -0.39 is 0 Å². The second kappa shape index (κ2) is 5.81. The third-order valence-electron chi connectivity index (χ3n) is 3.55. The van der Waals surface area contributed by atoms with Gasteiger partial charge in [0.15, 0.2) is 0 Å². The highest BCUT2D eigenvalue weighted by molar-refractivity contribution is 6.21. The number of halogens is 1. The molecule has 1 aliphatic rings. The normalized spacial score (nSPS) is 24.9. The molecule has 0 aromatic heterocycles. The Morgan fingerprint density at radius 1 is 1.33 bits per heavy atom. The second-order valence-corrected chi connectivity index (χ2v) is 5.01. The summed E-state index contributed by atoms with van der Waals surface area (Å²) in [5.74, 6) is 1.87. The van der Waals surface area contributed by atoms with Crippen molar-refractivity contribution in [2.75, 3.05) is 20.8 Å². The molecule has 0 bridgehead atoms. The lowest BCUT2D eigenvalue weighted by atomic mass is 9.93. The first-order chi connectivity index (χ1) is 8.67. The second-order valence-electron chi connectivity index (χ2n) is 4.54. The van der Waals surface area contributed by atoms with Crippen LogP contribution in [0.15, 0.2) is 18.2 Å². The molecule has 1 aliphatic heterocycles. The lowest BCUT2D eigenvalue weighted by Gasteiger charge is -2.22. The van der Waals surface area contributed by atoms with E-state index in [2.05, 4.69) is 6.92 Å². The Morgan fingerprint density at radius 3 is 2.67 bits per heavy atom. The molecule has 0 amide bonds. The SMILES string of the molecule is COc1ccc(C(Cl)C2CCOC2C)c(OC)c1. The summed E-state index contributed by atoms with van der Waals surface area (Å²) in [7, 11) is 3.29. The first kappa shape index (κ1) is 13.5. The molecule has 1 aromatic rings. The molecule has 1 saturated heterocycles. The van der Waals surface area contributed by atoms with Crippen LogP contribution in [-0.2, 0) is 4.74 Å². The van der Waals surface area contributed by atoms with Crippen LogP contribution < -0.4 is 9.47 Å². The number of hydrogen-bond acceptors (Lipinski definition) is 3. The summed E-state index contributed by atoms with van der Waals surface area (Å²) in [5.41, 5.74) is 1.00. The Bertz CT molecular complexity index is 408. The number of alkyl halides is 1. The van der Waals surface area contributed by atoms with E-state index in [1.807, 2.05) is 18.2 Å². The monoisotopic (exact) mass is 270 g/mol. The fourth-order valence-corrected chi connectivity index (χ4v) is 2.92. The summed E-state index contributed by atoms with van der Waals surface area (Å²) >= 11 is 6.59. The average Bonchev–Trinajstić information content (AvgIpc) is 2.83. The molecule has 3 unspecified atom stereocenters. The zero-order valence-corrected chi connectivity index (χ0v) is 11.7. The van der Waals surface area contributed by atoms with Crippen molar-refractivity contribution in [2.24, 2.45) is 5.92 Å². The summed E-state index contributed by atoms with van der Waals surface area (Å²) in [6.45, 7) is 2.86. The molecular formula is C14H19ClO3. The van der Waals surface area contributed by atoms with Crippen LogP contribution in [0.2, 0.25) is 0 Å². The summed E-state index contributed by atoms with van der Waals surface area (Å²) in [5, 5.41) is -0.0941. The topological polar surface area (TPSA) is 27.7 Å². The van der Waals surface area contributed by atoms with E-state index in [0.29, 0.717) is 5.92 Å². The van der Waals surface area contributed by atoms with E-state index in [-0.39, 0.29) is 11.5 Å². The molecule has 3 atom stereocenters. The highest BCUT2D eigenvalue weighted by Gasteiger charge is 2.33. The van der Waals surface area contributed by atoms with Gasteiger partial charge in [-0.15, -0.1) is 11.6 Å². The van der Waals surface area contributed by atoms with E-state index in [1.54, 1.807) is 14.2 Å². The molecule has 0 N–H and O–H groups in total. The van der Waals surface area contributed by atoms with Crippen LogP contribution in [0.4, 0.5) is 0 Å². The van der Waals surface area contributed by atoms with Crippen LogP contribution in [0.25, 0.3) is 0 Å². The van der Waals surface area contributed by atoms with Gasteiger partial charge < -0.3 is 14.2 Å². The Hall–Kier alpha value is -0.930. The van der Waals surface area contributed by atoms with Gasteiger partial charge in [0.05, 0.1) is 25.7 Å². The minimum Gasteiger partial charge on any atom is -0.497 e. The van der Waals surface area contributed by atoms with Gasteiger partial charge in [-0.2, -0.15) is 0 Å². The maximum absolute atomic E-state index is 6.59. The Labute approximate surface area is 113 Å². The van der Waals surface area contributed by atoms with Gasteiger partial charge in [-0.3, -0.25) is 0 Å². The van der Waals surface area contributed by atoms with Crippen molar-refractivity contribution in [1.82, 2.24) is 0 Å². The molecule has 0 spiro atoms. The van der Waals surface area contributed by atoms with Crippen molar-refractivity contribution in [3.05, 3.63) is 23.8 Å². The molecule has 18 heavy (non-hydrogen) atoms. The molecule has 1 heterocycles. The van der Waals surface area contributed by atoms with Gasteiger partial charge in [-0.25, -0.2) is 0 Å². The molecular weight excluding hydrogens is 252 g/mol. The molecule has 1 fully saturated rings. The minimum atomic E-state index is -0.0941. The molecule has 0 radical (unpaired) electrons. The lowest BCUT2D eigenvalue weighted by Crippen LogP contribution is -2.17. The van der Waals surface area contributed by atoms with Crippen molar-refractivity contribution in [1.29, 1.82) is 0 Å². The van der Waals surface area contributed by atoms with Gasteiger partial charge in [0.1, 0.15) is 11.5 Å². The lowest BCUT2D eigenvalue weighted by molar-refractivity contribution is 0.104. The van der Waals surface area contributed by atoms with Crippen LogP contribution in [0.5, 0.6) is 11.5 Å².